The van der Waals surface area contributed by atoms with E-state index in [4.69, 9.17) is 4.99 Å². The van der Waals surface area contributed by atoms with E-state index in [2.05, 4.69) is 37.8 Å². The minimum absolute atomic E-state index is 0.0335. The molecule has 2 saturated heterocycles. The van der Waals surface area contributed by atoms with Gasteiger partial charge < -0.3 is 19.8 Å². The number of fused-ring (bicyclic) bond motifs is 1. The normalized spacial score (nSPS) is 22.0. The van der Waals surface area contributed by atoms with Crippen molar-refractivity contribution in [3.63, 3.8) is 0 Å². The van der Waals surface area contributed by atoms with Crippen LogP contribution in [0.15, 0.2) is 60.0 Å². The Bertz CT molecular complexity index is 953. The smallest absolute Gasteiger partial charge is 0.202 e. The largest absolute Gasteiger partial charge is 0.387 e. The van der Waals surface area contributed by atoms with E-state index in [0.717, 1.165) is 68.4 Å². The van der Waals surface area contributed by atoms with Crippen LogP contribution >= 0.6 is 0 Å². The van der Waals surface area contributed by atoms with E-state index in [1.165, 1.54) is 0 Å². The maximum absolute atomic E-state index is 11.2. The zero-order valence-corrected chi connectivity index (χ0v) is 18.1. The van der Waals surface area contributed by atoms with Crippen LogP contribution in [0, 0.1) is 0 Å². The number of nitrogens with zero attached hydrogens (tertiary/aromatic N) is 6. The highest BCUT2D eigenvalue weighted by molar-refractivity contribution is 5.89. The minimum atomic E-state index is -0.561. The van der Waals surface area contributed by atoms with Gasteiger partial charge in [-0.15, -0.1) is 0 Å². The number of guanidine groups is 1. The van der Waals surface area contributed by atoms with Crippen LogP contribution in [0.2, 0.25) is 0 Å². The number of piperidine rings is 1. The van der Waals surface area contributed by atoms with Crippen molar-refractivity contribution in [1.82, 2.24) is 24.7 Å². The molecule has 1 atom stereocenters. The first kappa shape index (κ1) is 20.2. The van der Waals surface area contributed by atoms with E-state index in [1.807, 2.05) is 36.4 Å². The molecule has 4 heterocycles. The average Bonchev–Trinajstić information content (AvgIpc) is 2.83. The Kier molecular flexibility index (Phi) is 5.46. The fraction of sp³-hybridized carbons (Fsp3) is 0.458. The molecule has 162 valence electrons. The Balaban J connectivity index is 1.50. The molecule has 0 unspecified atom stereocenters. The second kappa shape index (κ2) is 8.40. The number of aromatic nitrogens is 2. The first-order valence-electron chi connectivity index (χ1n) is 11.1. The number of rotatable bonds is 4. The Morgan fingerprint density at radius 1 is 1.06 bits per heavy atom. The monoisotopic (exact) mass is 418 g/mol. The zero-order chi connectivity index (χ0) is 21.3. The first-order valence-corrected chi connectivity index (χ1v) is 11.1. The van der Waals surface area contributed by atoms with Crippen LogP contribution in [0.1, 0.15) is 36.6 Å². The van der Waals surface area contributed by atoms with Crippen LogP contribution < -0.4 is 0 Å². The molecule has 1 aromatic carbocycles. The standard InChI is InChI=1S/C24H30N6O/c1-28-14-9-24(10-15-28)11-16-29-13-8-21(20-7-12-25-18-26-20)27-23(29)30(24)17-22(31)19-5-3-2-4-6-19/h2-8,12,18,22,31H,9-11,13-17H2,1H3/t22-/m1/s1. The van der Waals surface area contributed by atoms with Crippen molar-refractivity contribution in [2.24, 2.45) is 4.99 Å². The maximum Gasteiger partial charge on any atom is 0.202 e. The van der Waals surface area contributed by atoms with Crippen molar-refractivity contribution in [3.8, 4) is 0 Å². The highest BCUT2D eigenvalue weighted by Crippen LogP contribution is 2.39. The van der Waals surface area contributed by atoms with Gasteiger partial charge >= 0.3 is 0 Å². The molecule has 0 radical (unpaired) electrons. The lowest BCUT2D eigenvalue weighted by Gasteiger charge is -2.56. The van der Waals surface area contributed by atoms with E-state index < -0.39 is 6.10 Å². The molecule has 31 heavy (non-hydrogen) atoms. The Hall–Kier alpha value is -2.77. The van der Waals surface area contributed by atoms with Gasteiger partial charge in [0.15, 0.2) is 0 Å². The third-order valence-electron chi connectivity index (χ3n) is 6.97. The van der Waals surface area contributed by atoms with Crippen LogP contribution in [-0.2, 0) is 0 Å². The lowest BCUT2D eigenvalue weighted by Crippen LogP contribution is -2.66. The molecule has 1 aromatic heterocycles. The number of hydrogen-bond donors (Lipinski definition) is 1. The number of likely N-dealkylation sites (tertiary alicyclic amines) is 1. The van der Waals surface area contributed by atoms with Crippen LogP contribution in [0.3, 0.4) is 0 Å². The number of β-amino-alcohol motifs (C(OH)–C–C–N with tert-alkyl or cyclic N) is 1. The van der Waals surface area contributed by atoms with E-state index in [9.17, 15) is 5.11 Å². The average molecular weight is 419 g/mol. The number of aliphatic hydroxyl groups excluding tert-OH is 1. The summed E-state index contributed by atoms with van der Waals surface area (Å²) in [6, 6.07) is 11.9. The maximum atomic E-state index is 11.2. The molecule has 0 bridgehead atoms. The van der Waals surface area contributed by atoms with Crippen LogP contribution in [-0.4, -0.2) is 81.0 Å². The van der Waals surface area contributed by atoms with Crippen LogP contribution in [0.25, 0.3) is 5.70 Å². The minimum Gasteiger partial charge on any atom is -0.387 e. The predicted octanol–water partition coefficient (Wildman–Crippen LogP) is 2.39. The lowest BCUT2D eigenvalue weighted by atomic mass is 9.80. The SMILES string of the molecule is CN1CCC2(CC1)CCN1CC=C(c3ccncn3)N=C1N2C[C@@H](O)c1ccccc1. The first-order chi connectivity index (χ1) is 15.1. The van der Waals surface area contributed by atoms with Crippen molar-refractivity contribution in [2.75, 3.05) is 39.8 Å². The van der Waals surface area contributed by atoms with Gasteiger partial charge in [-0.1, -0.05) is 30.3 Å². The summed E-state index contributed by atoms with van der Waals surface area (Å²) in [6.07, 6.45) is 8.18. The summed E-state index contributed by atoms with van der Waals surface area (Å²) in [7, 11) is 2.19. The molecule has 0 saturated carbocycles. The second-order valence-electron chi connectivity index (χ2n) is 8.86. The molecule has 1 spiro atoms. The summed E-state index contributed by atoms with van der Waals surface area (Å²) in [5, 5.41) is 11.2. The number of aliphatic imine (C=N–C) groups is 1. The van der Waals surface area contributed by atoms with Gasteiger partial charge in [0.25, 0.3) is 0 Å². The Morgan fingerprint density at radius 3 is 2.58 bits per heavy atom. The molecular weight excluding hydrogens is 388 g/mol. The lowest BCUT2D eigenvalue weighted by molar-refractivity contribution is 0.00766. The number of benzene rings is 1. The molecule has 2 aromatic rings. The highest BCUT2D eigenvalue weighted by atomic mass is 16.3. The summed E-state index contributed by atoms with van der Waals surface area (Å²) in [4.78, 5) is 20.7. The van der Waals surface area contributed by atoms with Crippen molar-refractivity contribution < 1.29 is 5.11 Å². The topological polar surface area (TPSA) is 68.1 Å². The van der Waals surface area contributed by atoms with Crippen molar-refractivity contribution >= 4 is 11.7 Å². The van der Waals surface area contributed by atoms with Gasteiger partial charge in [-0.25, -0.2) is 15.0 Å². The van der Waals surface area contributed by atoms with E-state index in [-0.39, 0.29) is 5.54 Å². The molecule has 7 heteroatoms. The summed E-state index contributed by atoms with van der Waals surface area (Å²) in [5.74, 6) is 0.974. The van der Waals surface area contributed by atoms with Gasteiger partial charge in [-0.2, -0.15) is 0 Å². The molecule has 2 fully saturated rings. The third kappa shape index (κ3) is 3.95. The fourth-order valence-corrected chi connectivity index (χ4v) is 5.00. The van der Waals surface area contributed by atoms with Crippen molar-refractivity contribution in [3.05, 3.63) is 66.3 Å². The highest BCUT2D eigenvalue weighted by Gasteiger charge is 2.46. The molecule has 3 aliphatic heterocycles. The number of hydrogen-bond acceptors (Lipinski definition) is 7. The van der Waals surface area contributed by atoms with Gasteiger partial charge in [0.1, 0.15) is 6.33 Å². The summed E-state index contributed by atoms with van der Waals surface area (Å²) < 4.78 is 0. The second-order valence-corrected chi connectivity index (χ2v) is 8.86. The van der Waals surface area contributed by atoms with Crippen molar-refractivity contribution in [2.45, 2.75) is 30.9 Å². The molecule has 3 aliphatic rings. The Labute approximate surface area is 183 Å². The van der Waals surface area contributed by atoms with Gasteiger partial charge in [0, 0.05) is 37.9 Å². The van der Waals surface area contributed by atoms with Gasteiger partial charge in [0.05, 0.1) is 24.0 Å². The van der Waals surface area contributed by atoms with E-state index >= 15 is 0 Å². The summed E-state index contributed by atoms with van der Waals surface area (Å²) in [5.41, 5.74) is 2.71. The fourth-order valence-electron chi connectivity index (χ4n) is 5.00. The van der Waals surface area contributed by atoms with E-state index in [0.29, 0.717) is 6.54 Å². The molecular formula is C24H30N6O. The molecule has 1 N–H and O–H groups in total. The molecule has 0 aliphatic carbocycles. The van der Waals surface area contributed by atoms with Gasteiger partial charge in [0.2, 0.25) is 5.96 Å². The van der Waals surface area contributed by atoms with Gasteiger partial charge in [-0.05, 0) is 44.0 Å². The molecule has 7 nitrogen and oxygen atoms in total. The Morgan fingerprint density at radius 2 is 1.84 bits per heavy atom. The summed E-state index contributed by atoms with van der Waals surface area (Å²) >= 11 is 0. The van der Waals surface area contributed by atoms with Crippen LogP contribution in [0.5, 0.6) is 0 Å². The van der Waals surface area contributed by atoms with Crippen molar-refractivity contribution in [1.29, 1.82) is 0 Å². The van der Waals surface area contributed by atoms with E-state index in [1.54, 1.807) is 12.5 Å². The zero-order valence-electron chi connectivity index (χ0n) is 18.1. The third-order valence-corrected chi connectivity index (χ3v) is 6.97. The molecule has 5 rings (SSSR count). The quantitative estimate of drug-likeness (QED) is 0.822. The van der Waals surface area contributed by atoms with Crippen LogP contribution in [0.4, 0.5) is 0 Å². The summed E-state index contributed by atoms with van der Waals surface area (Å²) in [6.45, 7) is 4.49. The van der Waals surface area contributed by atoms with Gasteiger partial charge in [-0.3, -0.25) is 0 Å². The number of aliphatic hydroxyl groups is 1. The predicted molar refractivity (Wildman–Crippen MR) is 121 cm³/mol. The molecule has 0 amide bonds.